The Bertz CT molecular complexity index is 941. The van der Waals surface area contributed by atoms with Gasteiger partial charge in [-0.05, 0) is 24.1 Å². The number of carbonyl (C=O) groups is 2. The maximum Gasteiger partial charge on any atom is 0.201 e. The Morgan fingerprint density at radius 2 is 1.20 bits per heavy atom. The van der Waals surface area contributed by atoms with Gasteiger partial charge in [0.15, 0.2) is 5.54 Å². The molecular weight excluding hydrogens is 310 g/mol. The van der Waals surface area contributed by atoms with E-state index >= 15 is 0 Å². The molecule has 1 aliphatic rings. The van der Waals surface area contributed by atoms with Gasteiger partial charge in [-0.3, -0.25) is 9.59 Å². The molecule has 0 fully saturated rings. The SMILES string of the molecule is Cc1ccccc1NC1(c2ccccc2)C(=O)c2ccccc2C1=O. The number of benzene rings is 3. The molecule has 0 atom stereocenters. The van der Waals surface area contributed by atoms with E-state index in [4.69, 9.17) is 0 Å². The molecule has 122 valence electrons. The van der Waals surface area contributed by atoms with Gasteiger partial charge >= 0.3 is 0 Å². The minimum Gasteiger partial charge on any atom is -0.362 e. The van der Waals surface area contributed by atoms with E-state index in [1.807, 2.05) is 61.5 Å². The van der Waals surface area contributed by atoms with Crippen LogP contribution < -0.4 is 5.32 Å². The van der Waals surface area contributed by atoms with Gasteiger partial charge in [0.05, 0.1) is 0 Å². The van der Waals surface area contributed by atoms with Crippen LogP contribution in [0.2, 0.25) is 0 Å². The fraction of sp³-hybridized carbons (Fsp3) is 0.0909. The molecule has 0 unspecified atom stereocenters. The number of para-hydroxylation sites is 1. The first-order chi connectivity index (χ1) is 12.1. The van der Waals surface area contributed by atoms with Crippen LogP contribution in [0.5, 0.6) is 0 Å². The number of fused-ring (bicyclic) bond motifs is 1. The van der Waals surface area contributed by atoms with Gasteiger partial charge in [0.2, 0.25) is 11.6 Å². The van der Waals surface area contributed by atoms with Crippen LogP contribution in [0.4, 0.5) is 5.69 Å². The third-order valence-corrected chi connectivity index (χ3v) is 4.77. The summed E-state index contributed by atoms with van der Waals surface area (Å²) in [6.45, 7) is 1.96. The van der Waals surface area contributed by atoms with Crippen molar-refractivity contribution in [2.45, 2.75) is 12.5 Å². The lowest BCUT2D eigenvalue weighted by molar-refractivity contribution is 0.0819. The molecule has 3 heteroatoms. The lowest BCUT2D eigenvalue weighted by Crippen LogP contribution is -2.46. The molecule has 3 nitrogen and oxygen atoms in total. The number of ketones is 2. The fourth-order valence-corrected chi connectivity index (χ4v) is 3.44. The Morgan fingerprint density at radius 3 is 1.80 bits per heavy atom. The second kappa shape index (κ2) is 5.71. The zero-order chi connectivity index (χ0) is 17.4. The first kappa shape index (κ1) is 15.3. The minimum absolute atomic E-state index is 0.206. The number of hydrogen-bond acceptors (Lipinski definition) is 3. The molecule has 1 N–H and O–H groups in total. The summed E-state index contributed by atoms with van der Waals surface area (Å²) in [5.74, 6) is -0.412. The number of anilines is 1. The van der Waals surface area contributed by atoms with E-state index in [0.29, 0.717) is 16.7 Å². The molecule has 0 aliphatic heterocycles. The Balaban J connectivity index is 1.95. The highest BCUT2D eigenvalue weighted by atomic mass is 16.2. The van der Waals surface area contributed by atoms with Crippen molar-refractivity contribution < 1.29 is 9.59 Å². The van der Waals surface area contributed by atoms with Crippen LogP contribution in [0.25, 0.3) is 0 Å². The summed E-state index contributed by atoms with van der Waals surface area (Å²) in [6, 6.07) is 23.9. The number of hydrogen-bond donors (Lipinski definition) is 1. The highest BCUT2D eigenvalue weighted by Gasteiger charge is 2.54. The molecule has 0 saturated heterocycles. The molecule has 0 amide bonds. The minimum atomic E-state index is -1.42. The number of rotatable bonds is 3. The van der Waals surface area contributed by atoms with Crippen LogP contribution in [0.15, 0.2) is 78.9 Å². The summed E-state index contributed by atoms with van der Waals surface area (Å²) in [7, 11) is 0. The molecule has 25 heavy (non-hydrogen) atoms. The van der Waals surface area contributed by atoms with Crippen molar-refractivity contribution in [3.05, 3.63) is 101 Å². The van der Waals surface area contributed by atoms with E-state index in [-0.39, 0.29) is 11.6 Å². The van der Waals surface area contributed by atoms with Crippen LogP contribution >= 0.6 is 0 Å². The van der Waals surface area contributed by atoms with Gasteiger partial charge < -0.3 is 5.32 Å². The molecule has 0 spiro atoms. The summed E-state index contributed by atoms with van der Waals surface area (Å²) in [6.07, 6.45) is 0. The predicted molar refractivity (Wildman–Crippen MR) is 98.0 cm³/mol. The smallest absolute Gasteiger partial charge is 0.201 e. The molecule has 0 aromatic heterocycles. The molecule has 0 radical (unpaired) electrons. The highest BCUT2D eigenvalue weighted by molar-refractivity contribution is 6.34. The van der Waals surface area contributed by atoms with E-state index in [1.54, 1.807) is 24.3 Å². The van der Waals surface area contributed by atoms with Crippen molar-refractivity contribution in [2.75, 3.05) is 5.32 Å². The number of Topliss-reactive ketones (excluding diaryl/α,β-unsaturated/α-hetero) is 2. The summed E-state index contributed by atoms with van der Waals surface area (Å²) in [5, 5.41) is 3.29. The first-order valence-corrected chi connectivity index (χ1v) is 8.22. The van der Waals surface area contributed by atoms with Crippen molar-refractivity contribution in [3.63, 3.8) is 0 Å². The largest absolute Gasteiger partial charge is 0.362 e. The number of aryl methyl sites for hydroxylation is 1. The first-order valence-electron chi connectivity index (χ1n) is 8.22. The molecule has 4 rings (SSSR count). The summed E-state index contributed by atoms with van der Waals surface area (Å²) in [4.78, 5) is 26.7. The van der Waals surface area contributed by atoms with E-state index < -0.39 is 5.54 Å². The topological polar surface area (TPSA) is 46.2 Å². The molecule has 1 aliphatic carbocycles. The zero-order valence-corrected chi connectivity index (χ0v) is 13.8. The summed E-state index contributed by atoms with van der Waals surface area (Å²) < 4.78 is 0. The summed E-state index contributed by atoms with van der Waals surface area (Å²) in [5.41, 5.74) is 1.94. The molecular formula is C22H17NO2. The van der Waals surface area contributed by atoms with Gasteiger partial charge in [-0.25, -0.2) is 0 Å². The van der Waals surface area contributed by atoms with E-state index in [9.17, 15) is 9.59 Å². The van der Waals surface area contributed by atoms with Gasteiger partial charge in [-0.15, -0.1) is 0 Å². The van der Waals surface area contributed by atoms with Crippen LogP contribution in [0, 0.1) is 6.92 Å². The van der Waals surface area contributed by atoms with E-state index in [2.05, 4.69) is 5.32 Å². The Hall–Kier alpha value is -3.20. The lowest BCUT2D eigenvalue weighted by atomic mass is 9.84. The third kappa shape index (κ3) is 2.20. The average Bonchev–Trinajstić information content (AvgIpc) is 2.87. The van der Waals surface area contributed by atoms with Crippen LogP contribution in [0.3, 0.4) is 0 Å². The van der Waals surface area contributed by atoms with Gasteiger partial charge in [0, 0.05) is 16.8 Å². The molecule has 0 bridgehead atoms. The normalized spacial score (nSPS) is 15.1. The maximum atomic E-state index is 13.4. The van der Waals surface area contributed by atoms with Crippen LogP contribution in [-0.4, -0.2) is 11.6 Å². The quantitative estimate of drug-likeness (QED) is 0.726. The van der Waals surface area contributed by atoms with Gasteiger partial charge in [0.25, 0.3) is 0 Å². The standard InChI is InChI=1S/C22H17NO2/c1-15-9-5-8-14-19(15)23-22(16-10-3-2-4-11-16)20(24)17-12-6-7-13-18(17)21(22)25/h2-14,23H,1H3. The van der Waals surface area contributed by atoms with Gasteiger partial charge in [-0.1, -0.05) is 72.8 Å². The van der Waals surface area contributed by atoms with E-state index in [0.717, 1.165) is 11.3 Å². The average molecular weight is 327 g/mol. The molecule has 0 heterocycles. The monoisotopic (exact) mass is 327 g/mol. The van der Waals surface area contributed by atoms with Crippen molar-refractivity contribution in [1.29, 1.82) is 0 Å². The number of carbonyl (C=O) groups excluding carboxylic acids is 2. The number of nitrogens with one attached hydrogen (secondary N) is 1. The fourth-order valence-electron chi connectivity index (χ4n) is 3.44. The van der Waals surface area contributed by atoms with Gasteiger partial charge in [-0.2, -0.15) is 0 Å². The predicted octanol–water partition coefficient (Wildman–Crippen LogP) is 4.38. The second-order valence-electron chi connectivity index (χ2n) is 6.26. The Morgan fingerprint density at radius 1 is 0.680 bits per heavy atom. The van der Waals surface area contributed by atoms with Crippen LogP contribution in [0.1, 0.15) is 31.8 Å². The van der Waals surface area contributed by atoms with Crippen molar-refractivity contribution in [1.82, 2.24) is 0 Å². The molecule has 3 aromatic carbocycles. The van der Waals surface area contributed by atoms with Crippen LogP contribution in [-0.2, 0) is 5.54 Å². The molecule has 0 saturated carbocycles. The van der Waals surface area contributed by atoms with E-state index in [1.165, 1.54) is 0 Å². The molecule has 3 aromatic rings. The van der Waals surface area contributed by atoms with Crippen molar-refractivity contribution in [3.8, 4) is 0 Å². The van der Waals surface area contributed by atoms with Crippen molar-refractivity contribution >= 4 is 17.3 Å². The Kier molecular flexibility index (Phi) is 3.50. The van der Waals surface area contributed by atoms with Crippen molar-refractivity contribution in [2.24, 2.45) is 0 Å². The lowest BCUT2D eigenvalue weighted by Gasteiger charge is -2.29. The summed E-state index contributed by atoms with van der Waals surface area (Å²) >= 11 is 0. The zero-order valence-electron chi connectivity index (χ0n) is 13.8. The Labute approximate surface area is 146 Å². The maximum absolute atomic E-state index is 13.4. The van der Waals surface area contributed by atoms with Gasteiger partial charge in [0.1, 0.15) is 0 Å². The third-order valence-electron chi connectivity index (χ3n) is 4.77. The highest BCUT2D eigenvalue weighted by Crippen LogP contribution is 2.40. The second-order valence-corrected chi connectivity index (χ2v) is 6.26.